The molecule has 10 heteroatoms. The monoisotopic (exact) mass is 521 g/mol. The van der Waals surface area contributed by atoms with Crippen molar-refractivity contribution in [2.45, 2.75) is 108 Å². The topological polar surface area (TPSA) is 91.4 Å². The second kappa shape index (κ2) is 11.3. The Morgan fingerprint density at radius 1 is 1.03 bits per heavy atom. The van der Waals surface area contributed by atoms with Crippen LogP contribution in [0.15, 0.2) is 0 Å². The van der Waals surface area contributed by atoms with Crippen LogP contribution in [0.3, 0.4) is 0 Å². The van der Waals surface area contributed by atoms with Gasteiger partial charge in [-0.25, -0.2) is 12.7 Å². The van der Waals surface area contributed by atoms with Crippen LogP contribution in [0, 0.1) is 0 Å². The first kappa shape index (κ1) is 29.7. The Labute approximate surface area is 208 Å². The van der Waals surface area contributed by atoms with E-state index in [2.05, 4.69) is 33.9 Å². The maximum atomic E-state index is 13.7. The molecule has 2 rings (SSSR count). The molecule has 0 N–H and O–H groups in total. The summed E-state index contributed by atoms with van der Waals surface area (Å²) < 4.78 is 50.4. The van der Waals surface area contributed by atoms with E-state index in [0.717, 1.165) is 6.42 Å². The predicted octanol–water partition coefficient (Wildman–Crippen LogP) is 4.10. The summed E-state index contributed by atoms with van der Waals surface area (Å²) in [6.07, 6.45) is 2.31. The van der Waals surface area contributed by atoms with Gasteiger partial charge in [-0.1, -0.05) is 20.8 Å². The number of rotatable bonds is 9. The molecule has 2 aliphatic rings. The number of carbonyl (C=O) groups excluding carboxylic acids is 1. The van der Waals surface area contributed by atoms with Gasteiger partial charge < -0.3 is 18.6 Å². The Hall–Kier alpha value is -0.523. The van der Waals surface area contributed by atoms with Crippen molar-refractivity contribution in [1.29, 1.82) is 0 Å². The fourth-order valence-corrected chi connectivity index (χ4v) is 7.19. The summed E-state index contributed by atoms with van der Waals surface area (Å²) in [7, 11) is -5.64. The predicted molar refractivity (Wildman–Crippen MR) is 136 cm³/mol. The van der Waals surface area contributed by atoms with Crippen molar-refractivity contribution in [2.75, 3.05) is 39.5 Å². The number of nitrogens with zero attached hydrogens (tertiary/aromatic N) is 1. The molecule has 8 nitrogen and oxygen atoms in total. The first-order valence-corrected chi connectivity index (χ1v) is 16.9. The highest BCUT2D eigenvalue weighted by Gasteiger charge is 2.56. The lowest BCUT2D eigenvalue weighted by atomic mass is 9.99. The van der Waals surface area contributed by atoms with Crippen molar-refractivity contribution in [3.63, 3.8) is 0 Å². The molecule has 2 aliphatic heterocycles. The smallest absolute Gasteiger partial charge is 0.329 e. The summed E-state index contributed by atoms with van der Waals surface area (Å²) in [5.74, 6) is -0.664. The second-order valence-electron chi connectivity index (χ2n) is 12.0. The van der Waals surface area contributed by atoms with Gasteiger partial charge in [-0.15, -0.1) is 0 Å². The molecular weight excluding hydrogens is 474 g/mol. The third-order valence-corrected chi connectivity index (χ3v) is 14.4. The first-order chi connectivity index (χ1) is 15.5. The number of hydrogen-bond acceptors (Lipinski definition) is 7. The van der Waals surface area contributed by atoms with Crippen LogP contribution in [0.2, 0.25) is 18.1 Å². The van der Waals surface area contributed by atoms with Gasteiger partial charge in [0.05, 0.1) is 6.10 Å². The van der Waals surface area contributed by atoms with E-state index in [4.69, 9.17) is 18.6 Å². The molecule has 0 saturated carbocycles. The van der Waals surface area contributed by atoms with Crippen LogP contribution in [0.1, 0.15) is 73.6 Å². The number of carbonyl (C=O) groups is 1. The molecule has 0 amide bonds. The summed E-state index contributed by atoms with van der Waals surface area (Å²) in [5, 5.41) is 0.188. The molecule has 0 radical (unpaired) electrons. The van der Waals surface area contributed by atoms with Crippen LogP contribution in [-0.4, -0.2) is 83.0 Å². The minimum absolute atomic E-state index is 0.0199. The molecule has 2 saturated heterocycles. The summed E-state index contributed by atoms with van der Waals surface area (Å²) in [6, 6.07) is 0. The third-order valence-electron chi connectivity index (χ3n) is 7.22. The summed E-state index contributed by atoms with van der Waals surface area (Å²) >= 11 is 0. The normalized spacial score (nSPS) is 21.4. The second-order valence-corrected chi connectivity index (χ2v) is 19.1. The van der Waals surface area contributed by atoms with E-state index < -0.39 is 34.7 Å². The highest BCUT2D eigenvalue weighted by Crippen LogP contribution is 2.37. The molecule has 0 bridgehead atoms. The van der Waals surface area contributed by atoms with E-state index in [9.17, 15) is 13.2 Å². The molecule has 0 aromatic heterocycles. The lowest BCUT2D eigenvalue weighted by Crippen LogP contribution is -2.59. The Bertz CT molecular complexity index is 772. The van der Waals surface area contributed by atoms with Gasteiger partial charge in [-0.2, -0.15) is 0 Å². The molecule has 2 fully saturated rings. The fraction of sp³-hybridized carbons (Fsp3) is 0.958. The van der Waals surface area contributed by atoms with E-state index >= 15 is 0 Å². The van der Waals surface area contributed by atoms with Crippen LogP contribution in [-0.2, 0) is 33.5 Å². The van der Waals surface area contributed by atoms with Gasteiger partial charge in [0.2, 0.25) is 10.0 Å². The molecule has 0 aromatic carbocycles. The molecule has 2 heterocycles. The number of ether oxygens (including phenoxy) is 3. The molecule has 0 spiro atoms. The third kappa shape index (κ3) is 7.26. The van der Waals surface area contributed by atoms with Crippen LogP contribution in [0.25, 0.3) is 0 Å². The van der Waals surface area contributed by atoms with E-state index in [1.807, 2.05) is 0 Å². The van der Waals surface area contributed by atoms with E-state index in [-0.39, 0.29) is 37.2 Å². The SMILES string of the molecule is CC(C)(C)OC(=O)C1(S(=O)(=O)N2CCC(OCCCO[Si](C)(C)C(C)(C)C)CC2)CCOCC1. The van der Waals surface area contributed by atoms with E-state index in [1.165, 1.54) is 4.31 Å². The Kier molecular flexibility index (Phi) is 9.83. The summed E-state index contributed by atoms with van der Waals surface area (Å²) in [6.45, 7) is 18.9. The number of sulfonamides is 1. The summed E-state index contributed by atoms with van der Waals surface area (Å²) in [5.41, 5.74) is -0.757. The minimum atomic E-state index is -3.89. The zero-order chi connectivity index (χ0) is 25.8. The zero-order valence-electron chi connectivity index (χ0n) is 22.6. The Morgan fingerprint density at radius 3 is 2.09 bits per heavy atom. The molecule has 200 valence electrons. The van der Waals surface area contributed by atoms with Gasteiger partial charge >= 0.3 is 5.97 Å². The molecule has 0 aliphatic carbocycles. The maximum Gasteiger partial charge on any atom is 0.329 e. The standard InChI is InChI=1S/C24H47NO7SSi/c1-22(2,3)32-21(26)24(12-18-29-19-13-24)33(27,28)25-14-10-20(11-15-25)30-16-9-17-31-34(7,8)23(4,5)6/h20H,9-19H2,1-8H3. The Balaban J connectivity index is 1.89. The average Bonchev–Trinajstić information content (AvgIpc) is 2.72. The Morgan fingerprint density at radius 2 is 1.59 bits per heavy atom. The van der Waals surface area contributed by atoms with Crippen molar-refractivity contribution >= 4 is 24.3 Å². The van der Waals surface area contributed by atoms with Crippen molar-refractivity contribution in [3.05, 3.63) is 0 Å². The molecule has 0 unspecified atom stereocenters. The number of piperidine rings is 1. The zero-order valence-corrected chi connectivity index (χ0v) is 24.4. The van der Waals surface area contributed by atoms with Crippen molar-refractivity contribution in [1.82, 2.24) is 4.31 Å². The first-order valence-electron chi connectivity index (χ1n) is 12.6. The maximum absolute atomic E-state index is 13.7. The largest absolute Gasteiger partial charge is 0.459 e. The van der Waals surface area contributed by atoms with Crippen LogP contribution in [0.5, 0.6) is 0 Å². The summed E-state index contributed by atoms with van der Waals surface area (Å²) in [4.78, 5) is 13.1. The van der Waals surface area contributed by atoms with Gasteiger partial charge in [-0.3, -0.25) is 4.79 Å². The van der Waals surface area contributed by atoms with Crippen molar-refractivity contribution < 1.29 is 31.8 Å². The van der Waals surface area contributed by atoms with Gasteiger partial charge in [0.25, 0.3) is 0 Å². The van der Waals surface area contributed by atoms with Crippen molar-refractivity contribution in [3.8, 4) is 0 Å². The van der Waals surface area contributed by atoms with Crippen molar-refractivity contribution in [2.24, 2.45) is 0 Å². The van der Waals surface area contributed by atoms with Gasteiger partial charge in [0, 0.05) is 52.4 Å². The molecular formula is C24H47NO7SSi. The van der Waals surface area contributed by atoms with Crippen LogP contribution in [0.4, 0.5) is 0 Å². The van der Waals surface area contributed by atoms with Gasteiger partial charge in [0.15, 0.2) is 13.1 Å². The highest BCUT2D eigenvalue weighted by molar-refractivity contribution is 7.91. The average molecular weight is 522 g/mol. The fourth-order valence-electron chi connectivity index (χ4n) is 3.98. The lowest BCUT2D eigenvalue weighted by molar-refractivity contribution is -0.161. The van der Waals surface area contributed by atoms with Gasteiger partial charge in [-0.05, 0) is 58.2 Å². The quantitative estimate of drug-likeness (QED) is 0.256. The van der Waals surface area contributed by atoms with E-state index in [0.29, 0.717) is 39.1 Å². The van der Waals surface area contributed by atoms with Gasteiger partial charge in [0.1, 0.15) is 5.60 Å². The number of esters is 1. The van der Waals surface area contributed by atoms with Crippen LogP contribution >= 0.6 is 0 Å². The molecule has 34 heavy (non-hydrogen) atoms. The number of hydrogen-bond donors (Lipinski definition) is 0. The molecule has 0 aromatic rings. The lowest BCUT2D eigenvalue weighted by Gasteiger charge is -2.41. The molecule has 0 atom stereocenters. The highest BCUT2D eigenvalue weighted by atomic mass is 32.2. The van der Waals surface area contributed by atoms with E-state index in [1.54, 1.807) is 20.8 Å². The minimum Gasteiger partial charge on any atom is -0.459 e. The van der Waals surface area contributed by atoms with Crippen LogP contribution < -0.4 is 0 Å².